The van der Waals surface area contributed by atoms with E-state index in [1.807, 2.05) is 48.4 Å². The van der Waals surface area contributed by atoms with Crippen LogP contribution >= 0.6 is 0 Å². The molecule has 2 nitrogen and oxygen atoms in total. The van der Waals surface area contributed by atoms with Crippen molar-refractivity contribution < 1.29 is 4.79 Å². The molecule has 0 saturated carbocycles. The van der Waals surface area contributed by atoms with Crippen molar-refractivity contribution in [2.45, 2.75) is 6.42 Å². The topological polar surface area (TPSA) is 30.0 Å². The van der Waals surface area contributed by atoms with Crippen LogP contribution < -0.4 is 0 Å². The molecule has 1 aliphatic carbocycles. The molecule has 0 radical (unpaired) electrons. The second-order valence-corrected chi connectivity index (χ2v) is 3.80. The number of fused-ring (bicyclic) bond motifs is 2. The first-order valence-corrected chi connectivity index (χ1v) is 5.19. The van der Waals surface area contributed by atoms with Gasteiger partial charge >= 0.3 is 0 Å². The number of carbonyl (C=O) groups excluding carboxylic acids is 1. The van der Waals surface area contributed by atoms with Crippen LogP contribution in [0.1, 0.15) is 17.7 Å². The Kier molecular flexibility index (Phi) is 1.95. The monoisotopic (exact) mass is 207 g/mol. The maximum atomic E-state index is 10.8. The van der Waals surface area contributed by atoms with Gasteiger partial charge < -0.3 is 0 Å². The fraction of sp³-hybridized carbons (Fsp3) is 0.0714. The summed E-state index contributed by atoms with van der Waals surface area (Å²) in [6.07, 6.45) is 4.56. The molecule has 1 heterocycles. The van der Waals surface area contributed by atoms with E-state index >= 15 is 0 Å². The summed E-state index contributed by atoms with van der Waals surface area (Å²) < 4.78 is 0. The molecular weight excluding hydrogens is 198 g/mol. The van der Waals surface area contributed by atoms with E-state index in [2.05, 4.69) is 4.98 Å². The molecule has 0 bridgehead atoms. The summed E-state index contributed by atoms with van der Waals surface area (Å²) in [6, 6.07) is 9.93. The van der Waals surface area contributed by atoms with E-state index in [9.17, 15) is 4.79 Å². The molecule has 0 saturated heterocycles. The van der Waals surface area contributed by atoms with Crippen LogP contribution in [0.3, 0.4) is 0 Å². The Labute approximate surface area is 92.9 Å². The van der Waals surface area contributed by atoms with Crippen molar-refractivity contribution in [1.82, 2.24) is 4.98 Å². The zero-order chi connectivity index (χ0) is 11.0. The first-order chi connectivity index (χ1) is 7.88. The quantitative estimate of drug-likeness (QED) is 0.622. The molecule has 1 aromatic heterocycles. The Morgan fingerprint density at radius 3 is 3.00 bits per heavy atom. The standard InChI is InChI=1S/C14H9NO/c16-9-11-5-3-7-14-12(11)8-10-4-1-2-6-13(10)15-14/h1-4,6-8H,5H2. The minimum absolute atomic E-state index is 0.649. The molecule has 0 N–H and O–H groups in total. The molecule has 3 rings (SSSR count). The SMILES string of the molecule is O=C=C1CC=Cc2nc3ccccc3cc21. The largest absolute Gasteiger partial charge is 0.248 e. The molecule has 0 atom stereocenters. The Hall–Kier alpha value is -2.18. The predicted octanol–water partition coefficient (Wildman–Crippen LogP) is 2.87. The average molecular weight is 207 g/mol. The van der Waals surface area contributed by atoms with E-state index in [4.69, 9.17) is 0 Å². The number of aromatic nitrogens is 1. The van der Waals surface area contributed by atoms with Gasteiger partial charge in [0.25, 0.3) is 0 Å². The second kappa shape index (κ2) is 3.44. The maximum absolute atomic E-state index is 10.8. The summed E-state index contributed by atoms with van der Waals surface area (Å²) in [5, 5.41) is 1.06. The van der Waals surface area contributed by atoms with Gasteiger partial charge in [0.05, 0.1) is 11.2 Å². The highest BCUT2D eigenvalue weighted by Crippen LogP contribution is 2.28. The summed E-state index contributed by atoms with van der Waals surface area (Å²) >= 11 is 0. The molecule has 0 unspecified atom stereocenters. The van der Waals surface area contributed by atoms with Gasteiger partial charge in [-0.2, -0.15) is 0 Å². The van der Waals surface area contributed by atoms with Crippen LogP contribution in [0.4, 0.5) is 0 Å². The van der Waals surface area contributed by atoms with E-state index < -0.39 is 0 Å². The molecule has 1 aliphatic rings. The van der Waals surface area contributed by atoms with Crippen molar-refractivity contribution in [3.63, 3.8) is 0 Å². The first kappa shape index (κ1) is 9.08. The molecule has 0 amide bonds. The van der Waals surface area contributed by atoms with Crippen molar-refractivity contribution in [3.05, 3.63) is 47.7 Å². The molecule has 1 aromatic carbocycles. The first-order valence-electron chi connectivity index (χ1n) is 5.19. The molecule has 2 heteroatoms. The minimum Gasteiger partial charge on any atom is -0.248 e. The summed E-state index contributed by atoms with van der Waals surface area (Å²) in [5.41, 5.74) is 3.42. The average Bonchev–Trinajstić information content (AvgIpc) is 2.35. The van der Waals surface area contributed by atoms with Gasteiger partial charge in [-0.15, -0.1) is 0 Å². The fourth-order valence-corrected chi connectivity index (χ4v) is 1.99. The Bertz CT molecular complexity index is 649. The summed E-state index contributed by atoms with van der Waals surface area (Å²) in [5.74, 6) is 2.00. The Morgan fingerprint density at radius 1 is 1.25 bits per heavy atom. The van der Waals surface area contributed by atoms with Crippen molar-refractivity contribution in [1.29, 1.82) is 0 Å². The molecule has 0 spiro atoms. The third-order valence-electron chi connectivity index (χ3n) is 2.80. The number of hydrogen-bond donors (Lipinski definition) is 0. The van der Waals surface area contributed by atoms with Gasteiger partial charge in [0.1, 0.15) is 5.94 Å². The van der Waals surface area contributed by atoms with Gasteiger partial charge in [-0.25, -0.2) is 9.78 Å². The van der Waals surface area contributed by atoms with E-state index in [0.29, 0.717) is 12.0 Å². The summed E-state index contributed by atoms with van der Waals surface area (Å²) in [7, 11) is 0. The van der Waals surface area contributed by atoms with Gasteiger partial charge in [0, 0.05) is 22.9 Å². The highest BCUT2D eigenvalue weighted by molar-refractivity contribution is 5.96. The Morgan fingerprint density at radius 2 is 2.12 bits per heavy atom. The van der Waals surface area contributed by atoms with Crippen LogP contribution in [0.15, 0.2) is 36.4 Å². The molecule has 0 aliphatic heterocycles. The number of pyridine rings is 1. The normalized spacial score (nSPS) is 13.6. The highest BCUT2D eigenvalue weighted by atomic mass is 16.1. The Balaban J connectivity index is 2.39. The van der Waals surface area contributed by atoms with Gasteiger partial charge in [-0.3, -0.25) is 0 Å². The van der Waals surface area contributed by atoms with Crippen LogP contribution in [-0.4, -0.2) is 10.9 Å². The molecular formula is C14H9NO. The van der Waals surface area contributed by atoms with Gasteiger partial charge in [-0.1, -0.05) is 24.3 Å². The molecule has 76 valence electrons. The van der Waals surface area contributed by atoms with Crippen molar-refractivity contribution >= 4 is 28.5 Å². The maximum Gasteiger partial charge on any atom is 0.128 e. The lowest BCUT2D eigenvalue weighted by Gasteiger charge is -2.11. The van der Waals surface area contributed by atoms with E-state index in [1.165, 1.54) is 0 Å². The lowest BCUT2D eigenvalue weighted by atomic mass is 9.96. The van der Waals surface area contributed by atoms with Crippen LogP contribution in [-0.2, 0) is 4.79 Å². The number of benzene rings is 1. The summed E-state index contributed by atoms with van der Waals surface area (Å²) in [4.78, 5) is 15.4. The summed E-state index contributed by atoms with van der Waals surface area (Å²) in [6.45, 7) is 0. The molecule has 2 aromatic rings. The highest BCUT2D eigenvalue weighted by Gasteiger charge is 2.12. The van der Waals surface area contributed by atoms with E-state index in [-0.39, 0.29) is 0 Å². The lowest BCUT2D eigenvalue weighted by molar-refractivity contribution is 0.569. The van der Waals surface area contributed by atoms with Crippen molar-refractivity contribution in [2.24, 2.45) is 0 Å². The number of rotatable bonds is 0. The minimum atomic E-state index is 0.649. The van der Waals surface area contributed by atoms with E-state index in [0.717, 1.165) is 22.2 Å². The van der Waals surface area contributed by atoms with Crippen LogP contribution in [0.5, 0.6) is 0 Å². The van der Waals surface area contributed by atoms with Crippen molar-refractivity contribution in [3.8, 4) is 0 Å². The number of nitrogens with zero attached hydrogens (tertiary/aromatic N) is 1. The fourth-order valence-electron chi connectivity index (χ4n) is 1.99. The van der Waals surface area contributed by atoms with Crippen molar-refractivity contribution in [2.75, 3.05) is 0 Å². The smallest absolute Gasteiger partial charge is 0.128 e. The zero-order valence-electron chi connectivity index (χ0n) is 8.60. The molecule has 0 fully saturated rings. The van der Waals surface area contributed by atoms with Gasteiger partial charge in [0.15, 0.2) is 0 Å². The van der Waals surface area contributed by atoms with Crippen LogP contribution in [0.25, 0.3) is 22.6 Å². The number of para-hydroxylation sites is 1. The second-order valence-electron chi connectivity index (χ2n) is 3.80. The predicted molar refractivity (Wildman–Crippen MR) is 64.5 cm³/mol. The van der Waals surface area contributed by atoms with E-state index in [1.54, 1.807) is 0 Å². The van der Waals surface area contributed by atoms with Gasteiger partial charge in [-0.05, 0) is 18.2 Å². The number of hydrogen-bond acceptors (Lipinski definition) is 2. The third kappa shape index (κ3) is 1.28. The van der Waals surface area contributed by atoms with Crippen LogP contribution in [0.2, 0.25) is 0 Å². The lowest BCUT2D eigenvalue weighted by Crippen LogP contribution is -1.97. The number of allylic oxidation sites excluding steroid dienone is 2. The van der Waals surface area contributed by atoms with Gasteiger partial charge in [0.2, 0.25) is 0 Å². The molecule has 16 heavy (non-hydrogen) atoms. The van der Waals surface area contributed by atoms with Crippen LogP contribution in [0, 0.1) is 0 Å². The zero-order valence-corrected chi connectivity index (χ0v) is 8.60. The third-order valence-corrected chi connectivity index (χ3v) is 2.80.